The van der Waals surface area contributed by atoms with Crippen molar-refractivity contribution in [2.75, 3.05) is 13.7 Å². The van der Waals surface area contributed by atoms with Crippen LogP contribution in [0, 0.1) is 0 Å². The maximum Gasteiger partial charge on any atom is 0.0857 e. The van der Waals surface area contributed by atoms with Crippen LogP contribution in [-0.2, 0) is 11.3 Å². The Bertz CT molecular complexity index is 453. The van der Waals surface area contributed by atoms with Crippen LogP contribution >= 0.6 is 15.9 Å². The molecule has 0 saturated heterocycles. The molecule has 2 rings (SSSR count). The van der Waals surface area contributed by atoms with Crippen LogP contribution in [0.4, 0.5) is 0 Å². The first-order valence-electron chi connectivity index (χ1n) is 4.90. The van der Waals surface area contributed by atoms with Crippen LogP contribution in [0.25, 0.3) is 10.9 Å². The largest absolute Gasteiger partial charge is 0.385 e. The number of hydrogen-bond acceptors (Lipinski definition) is 2. The summed E-state index contributed by atoms with van der Waals surface area (Å²) >= 11 is 3.56. The Morgan fingerprint density at radius 2 is 2.40 bits per heavy atom. The van der Waals surface area contributed by atoms with Gasteiger partial charge in [-0.25, -0.2) is 0 Å². The lowest BCUT2D eigenvalue weighted by Crippen LogP contribution is -2.01. The first-order chi connectivity index (χ1) is 7.33. The van der Waals surface area contributed by atoms with E-state index < -0.39 is 0 Å². The molecule has 80 valence electrons. The number of aromatic nitrogens is 2. The molecule has 0 unspecified atom stereocenters. The highest BCUT2D eigenvalue weighted by molar-refractivity contribution is 9.10. The Morgan fingerprint density at radius 3 is 3.20 bits per heavy atom. The molecule has 0 spiro atoms. The van der Waals surface area contributed by atoms with Gasteiger partial charge in [-0.15, -0.1) is 0 Å². The highest BCUT2D eigenvalue weighted by Crippen LogP contribution is 2.23. The molecule has 2 aromatic heterocycles. The van der Waals surface area contributed by atoms with E-state index in [1.807, 2.05) is 18.5 Å². The molecule has 2 aromatic rings. The van der Waals surface area contributed by atoms with Crippen molar-refractivity contribution in [3.05, 3.63) is 29.1 Å². The summed E-state index contributed by atoms with van der Waals surface area (Å²) in [6.45, 7) is 1.75. The van der Waals surface area contributed by atoms with Gasteiger partial charge in [-0.05, 0) is 34.5 Å². The minimum Gasteiger partial charge on any atom is -0.385 e. The maximum atomic E-state index is 5.05. The quantitative estimate of drug-likeness (QED) is 0.798. The van der Waals surface area contributed by atoms with Gasteiger partial charge in [0.05, 0.1) is 10.1 Å². The van der Waals surface area contributed by atoms with Gasteiger partial charge >= 0.3 is 0 Å². The molecule has 3 nitrogen and oxygen atoms in total. The molecule has 0 atom stereocenters. The number of hydrogen-bond donors (Lipinski definition) is 0. The van der Waals surface area contributed by atoms with E-state index in [0.717, 1.165) is 24.2 Å². The normalized spacial score (nSPS) is 11.1. The number of methoxy groups -OCH3 is 1. The van der Waals surface area contributed by atoms with Gasteiger partial charge in [0.1, 0.15) is 0 Å². The summed E-state index contributed by atoms with van der Waals surface area (Å²) in [5.74, 6) is 0. The molecule has 0 aliphatic heterocycles. The molecule has 0 radical (unpaired) electrons. The van der Waals surface area contributed by atoms with Crippen LogP contribution < -0.4 is 0 Å². The van der Waals surface area contributed by atoms with Gasteiger partial charge < -0.3 is 9.30 Å². The van der Waals surface area contributed by atoms with Crippen molar-refractivity contribution in [2.45, 2.75) is 13.0 Å². The molecule has 2 heterocycles. The van der Waals surface area contributed by atoms with E-state index in [1.165, 1.54) is 10.9 Å². The predicted molar refractivity (Wildman–Crippen MR) is 63.9 cm³/mol. The first kappa shape index (κ1) is 10.6. The van der Waals surface area contributed by atoms with Crippen LogP contribution in [-0.4, -0.2) is 23.3 Å². The molecular formula is C11H13BrN2O. The Hall–Kier alpha value is -0.870. The molecule has 0 saturated carbocycles. The fourth-order valence-corrected chi connectivity index (χ4v) is 2.29. The van der Waals surface area contributed by atoms with E-state index in [9.17, 15) is 0 Å². The molecule has 0 aliphatic rings. The molecule has 4 heteroatoms. The standard InChI is InChI=1S/C11H13BrN2O/c1-15-6-2-5-14-10-3-4-13-8-9(10)7-11(14)12/h3-4,7-8H,2,5-6H2,1H3. The first-order valence-corrected chi connectivity index (χ1v) is 5.70. The summed E-state index contributed by atoms with van der Waals surface area (Å²) in [5.41, 5.74) is 1.22. The third kappa shape index (κ3) is 2.21. The van der Waals surface area contributed by atoms with E-state index in [1.54, 1.807) is 7.11 Å². The highest BCUT2D eigenvalue weighted by atomic mass is 79.9. The van der Waals surface area contributed by atoms with Crippen molar-refractivity contribution in [1.29, 1.82) is 0 Å². The van der Waals surface area contributed by atoms with Crippen LogP contribution in [0.5, 0.6) is 0 Å². The van der Waals surface area contributed by atoms with E-state index in [0.29, 0.717) is 0 Å². The number of aryl methyl sites for hydroxylation is 1. The summed E-state index contributed by atoms with van der Waals surface area (Å²) in [6, 6.07) is 4.13. The number of halogens is 1. The lowest BCUT2D eigenvalue weighted by molar-refractivity contribution is 0.190. The van der Waals surface area contributed by atoms with Crippen molar-refractivity contribution < 1.29 is 4.74 Å². The van der Waals surface area contributed by atoms with Gasteiger partial charge in [-0.3, -0.25) is 4.98 Å². The van der Waals surface area contributed by atoms with Gasteiger partial charge in [0.15, 0.2) is 0 Å². The third-order valence-electron chi connectivity index (χ3n) is 2.38. The van der Waals surface area contributed by atoms with E-state index >= 15 is 0 Å². The van der Waals surface area contributed by atoms with Gasteiger partial charge in [0.25, 0.3) is 0 Å². The van der Waals surface area contributed by atoms with Gasteiger partial charge in [-0.2, -0.15) is 0 Å². The number of fused-ring (bicyclic) bond motifs is 1. The monoisotopic (exact) mass is 268 g/mol. The Labute approximate surface area is 97.2 Å². The van der Waals surface area contributed by atoms with Crippen molar-refractivity contribution in [3.63, 3.8) is 0 Å². The number of nitrogens with zero attached hydrogens (tertiary/aromatic N) is 2. The summed E-state index contributed by atoms with van der Waals surface area (Å²) in [5, 5.41) is 1.17. The molecule has 0 aliphatic carbocycles. The summed E-state index contributed by atoms with van der Waals surface area (Å²) in [4.78, 5) is 4.10. The molecule has 0 fully saturated rings. The van der Waals surface area contributed by atoms with Crippen molar-refractivity contribution >= 4 is 26.8 Å². The third-order valence-corrected chi connectivity index (χ3v) is 3.04. The summed E-state index contributed by atoms with van der Waals surface area (Å²) in [6.07, 6.45) is 4.72. The SMILES string of the molecule is COCCCn1c(Br)cc2cnccc21. The number of ether oxygens (including phenoxy) is 1. The van der Waals surface area contributed by atoms with E-state index in [2.05, 4.69) is 31.5 Å². The average Bonchev–Trinajstić information content (AvgIpc) is 2.56. The zero-order valence-corrected chi connectivity index (χ0v) is 10.2. The van der Waals surface area contributed by atoms with Crippen LogP contribution in [0.1, 0.15) is 6.42 Å². The van der Waals surface area contributed by atoms with E-state index in [4.69, 9.17) is 4.74 Å². The highest BCUT2D eigenvalue weighted by Gasteiger charge is 2.05. The molecule has 0 amide bonds. The topological polar surface area (TPSA) is 27.1 Å². The van der Waals surface area contributed by atoms with Gasteiger partial charge in [0.2, 0.25) is 0 Å². The van der Waals surface area contributed by atoms with Crippen molar-refractivity contribution in [2.24, 2.45) is 0 Å². The van der Waals surface area contributed by atoms with Crippen LogP contribution in [0.3, 0.4) is 0 Å². The predicted octanol–water partition coefficient (Wildman–Crippen LogP) is 2.84. The average molecular weight is 269 g/mol. The minimum absolute atomic E-state index is 0.789. The van der Waals surface area contributed by atoms with Crippen LogP contribution in [0.2, 0.25) is 0 Å². The second-order valence-corrected chi connectivity index (χ2v) is 4.21. The molecule has 0 aromatic carbocycles. The van der Waals surface area contributed by atoms with Gasteiger partial charge in [0, 0.05) is 38.0 Å². The molecular weight excluding hydrogens is 256 g/mol. The summed E-state index contributed by atoms with van der Waals surface area (Å²) < 4.78 is 8.38. The minimum atomic E-state index is 0.789. The second-order valence-electron chi connectivity index (χ2n) is 3.40. The van der Waals surface area contributed by atoms with Crippen LogP contribution in [0.15, 0.2) is 29.1 Å². The second kappa shape index (κ2) is 4.77. The fourth-order valence-electron chi connectivity index (χ4n) is 1.67. The maximum absolute atomic E-state index is 5.05. The zero-order chi connectivity index (χ0) is 10.7. The lowest BCUT2D eigenvalue weighted by atomic mass is 10.3. The van der Waals surface area contributed by atoms with Crippen molar-refractivity contribution in [1.82, 2.24) is 9.55 Å². The molecule has 0 bridgehead atoms. The van der Waals surface area contributed by atoms with Crippen molar-refractivity contribution in [3.8, 4) is 0 Å². The number of pyridine rings is 1. The Morgan fingerprint density at radius 1 is 1.53 bits per heavy atom. The molecule has 0 N–H and O–H groups in total. The van der Waals surface area contributed by atoms with Gasteiger partial charge in [-0.1, -0.05) is 0 Å². The Kier molecular flexibility index (Phi) is 3.38. The number of rotatable bonds is 4. The molecule has 15 heavy (non-hydrogen) atoms. The lowest BCUT2D eigenvalue weighted by Gasteiger charge is -2.06. The smallest absolute Gasteiger partial charge is 0.0857 e. The Balaban J connectivity index is 2.28. The zero-order valence-electron chi connectivity index (χ0n) is 8.61. The van der Waals surface area contributed by atoms with E-state index in [-0.39, 0.29) is 0 Å². The summed E-state index contributed by atoms with van der Waals surface area (Å²) in [7, 11) is 1.73. The fraction of sp³-hybridized carbons (Fsp3) is 0.364.